The summed E-state index contributed by atoms with van der Waals surface area (Å²) in [5, 5.41) is 29.0. The molecule has 2 fully saturated rings. The van der Waals surface area contributed by atoms with Crippen molar-refractivity contribution in [1.29, 1.82) is 0 Å². The summed E-state index contributed by atoms with van der Waals surface area (Å²) in [6, 6.07) is 2.07. The Morgan fingerprint density at radius 1 is 1.37 bits per heavy atom. The molecular formula is C21H32N5O10PS. The molecule has 38 heavy (non-hydrogen) atoms. The monoisotopic (exact) mass is 577 g/mol. The summed E-state index contributed by atoms with van der Waals surface area (Å²) in [7, 11) is -7.93. The number of sulfone groups is 1. The maximum Gasteiger partial charge on any atom is 0.406 e. The normalized spacial score (nSPS) is 31.2. The minimum Gasteiger partial charge on any atom is -0.462 e. The Hall–Kier alpha value is -2.17. The molecule has 2 unspecified atom stereocenters. The Morgan fingerprint density at radius 2 is 2.05 bits per heavy atom. The summed E-state index contributed by atoms with van der Waals surface area (Å²) in [5.41, 5.74) is 3.16. The summed E-state index contributed by atoms with van der Waals surface area (Å²) in [5.74, 6) is -1.03. The third-order valence-electron chi connectivity index (χ3n) is 6.54. The lowest BCUT2D eigenvalue weighted by Crippen LogP contribution is -2.38. The van der Waals surface area contributed by atoms with E-state index in [0.29, 0.717) is 11.2 Å². The van der Waals surface area contributed by atoms with Crippen molar-refractivity contribution in [2.45, 2.75) is 69.4 Å². The molecule has 2 aromatic heterocycles. The molecular weight excluding hydrogens is 545 g/mol. The molecule has 4 rings (SSSR count). The van der Waals surface area contributed by atoms with Crippen molar-refractivity contribution in [1.82, 2.24) is 19.7 Å². The third-order valence-corrected chi connectivity index (χ3v) is 9.16. The molecule has 1 aliphatic heterocycles. The van der Waals surface area contributed by atoms with Gasteiger partial charge in [0.25, 0.3) is 0 Å². The number of fused-ring (bicyclic) bond motifs is 2. The van der Waals surface area contributed by atoms with Crippen molar-refractivity contribution < 1.29 is 46.5 Å². The standard InChI is InChI=1S/C21H32N5O10PS/c1-11(2)34-18(28)12(3)25-37(30,33-8-9-38(5,31)32)36-19-20(4)21(19,29)16(27)15(35-20)13-6-7-14-17(22)23-10-24-26(13)14/h6-7,10-12,15-16,19,27,29H,8-9H2,1-5H3,(H,25,30)(H2,22,23,24)/t12-,15-,16-,19?,20+,21+,37?/m0/s1. The van der Waals surface area contributed by atoms with E-state index in [2.05, 4.69) is 15.2 Å². The molecule has 15 nitrogen and oxygen atoms in total. The maximum atomic E-state index is 13.7. The fourth-order valence-electron chi connectivity index (χ4n) is 4.49. The molecule has 3 heterocycles. The van der Waals surface area contributed by atoms with Gasteiger partial charge >= 0.3 is 13.7 Å². The molecule has 0 amide bonds. The third kappa shape index (κ3) is 5.07. The van der Waals surface area contributed by atoms with E-state index in [1.54, 1.807) is 26.0 Å². The molecule has 2 aromatic rings. The summed E-state index contributed by atoms with van der Waals surface area (Å²) in [6.07, 6.45) is -2.22. The molecule has 5 N–H and O–H groups in total. The van der Waals surface area contributed by atoms with Gasteiger partial charge < -0.3 is 25.4 Å². The fraction of sp³-hybridized carbons (Fsp3) is 0.667. The van der Waals surface area contributed by atoms with E-state index in [4.69, 9.17) is 24.3 Å². The molecule has 0 radical (unpaired) electrons. The SMILES string of the molecule is CC(C)OC(=O)[C@H](C)NP(=O)(OCCS(C)(=O)=O)OC1[C@@]2(C)O[C@@H](c3ccc4c(N)ncnn34)[C@H](O)[C@@]12O. The van der Waals surface area contributed by atoms with Crippen LogP contribution >= 0.6 is 7.75 Å². The van der Waals surface area contributed by atoms with Crippen LogP contribution in [0.25, 0.3) is 5.52 Å². The number of nitrogen functional groups attached to an aromatic ring is 1. The number of aliphatic hydroxyl groups excluding tert-OH is 1. The van der Waals surface area contributed by atoms with Gasteiger partial charge in [-0.05, 0) is 39.8 Å². The molecule has 0 spiro atoms. The minimum atomic E-state index is -4.45. The van der Waals surface area contributed by atoms with Crippen molar-refractivity contribution in [3.05, 3.63) is 24.2 Å². The molecule has 0 bridgehead atoms. The van der Waals surface area contributed by atoms with Crippen LogP contribution in [0, 0.1) is 0 Å². The number of carbonyl (C=O) groups excluding carboxylic acids is 1. The highest BCUT2D eigenvalue weighted by Crippen LogP contribution is 2.68. The van der Waals surface area contributed by atoms with Crippen LogP contribution in [0.4, 0.5) is 5.82 Å². The molecule has 2 aliphatic rings. The van der Waals surface area contributed by atoms with Gasteiger partial charge in [-0.25, -0.2) is 27.6 Å². The second kappa shape index (κ2) is 9.78. The van der Waals surface area contributed by atoms with Gasteiger partial charge in [0.2, 0.25) is 0 Å². The average Bonchev–Trinajstić information content (AvgIpc) is 3.08. The van der Waals surface area contributed by atoms with Crippen LogP contribution in [0.15, 0.2) is 18.5 Å². The van der Waals surface area contributed by atoms with Crippen molar-refractivity contribution in [2.24, 2.45) is 0 Å². The number of rotatable bonds is 11. The molecule has 1 aliphatic carbocycles. The van der Waals surface area contributed by atoms with Crippen LogP contribution in [0.3, 0.4) is 0 Å². The van der Waals surface area contributed by atoms with E-state index in [-0.39, 0.29) is 5.82 Å². The minimum absolute atomic E-state index is 0.207. The molecule has 1 saturated carbocycles. The van der Waals surface area contributed by atoms with Gasteiger partial charge in [0, 0.05) is 6.26 Å². The second-order valence-corrected chi connectivity index (χ2v) is 13.9. The first-order valence-electron chi connectivity index (χ1n) is 11.8. The van der Waals surface area contributed by atoms with Crippen molar-refractivity contribution in [3.8, 4) is 0 Å². The van der Waals surface area contributed by atoms with Gasteiger partial charge in [-0.2, -0.15) is 5.10 Å². The second-order valence-electron chi connectivity index (χ2n) is 9.90. The summed E-state index contributed by atoms with van der Waals surface area (Å²) < 4.78 is 60.2. The van der Waals surface area contributed by atoms with E-state index in [1.165, 1.54) is 24.7 Å². The summed E-state index contributed by atoms with van der Waals surface area (Å²) in [4.78, 5) is 16.2. The van der Waals surface area contributed by atoms with Gasteiger partial charge in [0.05, 0.1) is 24.2 Å². The number of aliphatic hydroxyl groups is 2. The number of aromatic nitrogens is 3. The first kappa shape index (κ1) is 28.8. The highest BCUT2D eigenvalue weighted by atomic mass is 32.2. The fourth-order valence-corrected chi connectivity index (χ4v) is 6.74. The van der Waals surface area contributed by atoms with Crippen molar-refractivity contribution in [3.63, 3.8) is 0 Å². The number of carbonyl (C=O) groups is 1. The van der Waals surface area contributed by atoms with Crippen molar-refractivity contribution >= 4 is 34.9 Å². The van der Waals surface area contributed by atoms with E-state index in [9.17, 15) is 28.0 Å². The van der Waals surface area contributed by atoms with Gasteiger partial charge in [-0.1, -0.05) is 0 Å². The van der Waals surface area contributed by atoms with Gasteiger partial charge in [0.1, 0.15) is 51.6 Å². The number of anilines is 1. The highest BCUT2D eigenvalue weighted by Gasteiger charge is 2.87. The van der Waals surface area contributed by atoms with Crippen LogP contribution in [0.2, 0.25) is 0 Å². The molecule has 1 saturated heterocycles. The molecule has 17 heteroatoms. The molecule has 7 atom stereocenters. The zero-order valence-electron chi connectivity index (χ0n) is 21.5. The Bertz CT molecular complexity index is 1390. The Balaban J connectivity index is 1.55. The zero-order valence-corrected chi connectivity index (χ0v) is 23.2. The number of nitrogens with two attached hydrogens (primary N) is 1. The summed E-state index contributed by atoms with van der Waals surface area (Å²) >= 11 is 0. The lowest BCUT2D eigenvalue weighted by Gasteiger charge is -2.27. The highest BCUT2D eigenvalue weighted by molar-refractivity contribution is 7.90. The largest absolute Gasteiger partial charge is 0.462 e. The quantitative estimate of drug-likeness (QED) is 0.200. The number of hydrogen-bond acceptors (Lipinski definition) is 13. The van der Waals surface area contributed by atoms with Crippen LogP contribution in [-0.4, -0.2) is 93.4 Å². The topological polar surface area (TPSA) is 214 Å². The van der Waals surface area contributed by atoms with Crippen LogP contribution in [-0.2, 0) is 37.7 Å². The smallest absolute Gasteiger partial charge is 0.406 e. The Labute approximate surface area is 219 Å². The van der Waals surface area contributed by atoms with Crippen molar-refractivity contribution in [2.75, 3.05) is 24.3 Å². The van der Waals surface area contributed by atoms with Crippen LogP contribution in [0.1, 0.15) is 39.5 Å². The average molecular weight is 578 g/mol. The van der Waals surface area contributed by atoms with Crippen LogP contribution < -0.4 is 10.8 Å². The maximum absolute atomic E-state index is 13.7. The van der Waals surface area contributed by atoms with Gasteiger partial charge in [0.15, 0.2) is 11.4 Å². The van der Waals surface area contributed by atoms with Crippen LogP contribution in [0.5, 0.6) is 0 Å². The molecule has 0 aromatic carbocycles. The first-order chi connectivity index (χ1) is 17.5. The lowest BCUT2D eigenvalue weighted by molar-refractivity contribution is -0.149. The predicted octanol–water partition coefficient (Wildman–Crippen LogP) is -0.269. The van der Waals surface area contributed by atoms with E-state index < -0.39 is 77.6 Å². The number of nitrogens with one attached hydrogen (secondary N) is 1. The van der Waals surface area contributed by atoms with E-state index >= 15 is 0 Å². The number of hydrogen-bond donors (Lipinski definition) is 4. The number of nitrogens with zero attached hydrogens (tertiary/aromatic N) is 3. The lowest BCUT2D eigenvalue weighted by atomic mass is 10.0. The first-order valence-corrected chi connectivity index (χ1v) is 15.4. The zero-order chi connectivity index (χ0) is 28.3. The number of ether oxygens (including phenoxy) is 2. The Morgan fingerprint density at radius 3 is 2.63 bits per heavy atom. The van der Waals surface area contributed by atoms with Gasteiger partial charge in [-0.15, -0.1) is 0 Å². The predicted molar refractivity (Wildman–Crippen MR) is 133 cm³/mol. The van der Waals surface area contributed by atoms with E-state index in [0.717, 1.165) is 6.26 Å². The van der Waals surface area contributed by atoms with E-state index in [1.807, 2.05) is 0 Å². The number of esters is 1. The van der Waals surface area contributed by atoms with Gasteiger partial charge in [-0.3, -0.25) is 13.8 Å². The Kier molecular flexibility index (Phi) is 7.42. The molecule has 212 valence electrons. The summed E-state index contributed by atoms with van der Waals surface area (Å²) in [6.45, 7) is 5.55.